The van der Waals surface area contributed by atoms with Crippen LogP contribution in [0.3, 0.4) is 0 Å². The Kier molecular flexibility index (Phi) is 3.09. The first-order valence-corrected chi connectivity index (χ1v) is 6.10. The van der Waals surface area contributed by atoms with Crippen LogP contribution in [0, 0.1) is 0 Å². The van der Waals surface area contributed by atoms with E-state index in [0.717, 1.165) is 5.39 Å². The summed E-state index contributed by atoms with van der Waals surface area (Å²) in [5.41, 5.74) is 7.30. The molecule has 0 fully saturated rings. The molecule has 0 atom stereocenters. The van der Waals surface area contributed by atoms with Gasteiger partial charge in [-0.15, -0.1) is 0 Å². The first kappa shape index (κ1) is 12.2. The van der Waals surface area contributed by atoms with Gasteiger partial charge in [0.25, 0.3) is 0 Å². The van der Waals surface area contributed by atoms with Crippen molar-refractivity contribution in [1.82, 2.24) is 9.97 Å². The average molecular weight is 267 g/mol. The molecule has 1 aromatic carbocycles. The Hall–Kier alpha value is -2.82. The first-order chi connectivity index (χ1) is 9.78. The SMILES string of the molecule is COc1cccc(Oc2ccc(N)c3cccnc23)n1. The number of nitrogen functional groups attached to an aromatic ring is 1. The minimum atomic E-state index is 0.445. The summed E-state index contributed by atoms with van der Waals surface area (Å²) in [7, 11) is 1.56. The monoisotopic (exact) mass is 267 g/mol. The molecule has 0 amide bonds. The van der Waals surface area contributed by atoms with E-state index in [2.05, 4.69) is 9.97 Å². The molecule has 0 radical (unpaired) electrons. The third-order valence-corrected chi connectivity index (χ3v) is 2.89. The fourth-order valence-corrected chi connectivity index (χ4v) is 1.93. The number of ether oxygens (including phenoxy) is 2. The molecule has 0 spiro atoms. The van der Waals surface area contributed by atoms with E-state index in [4.69, 9.17) is 15.2 Å². The molecule has 5 heteroatoms. The van der Waals surface area contributed by atoms with E-state index < -0.39 is 0 Å². The van der Waals surface area contributed by atoms with E-state index in [1.807, 2.05) is 18.2 Å². The number of fused-ring (bicyclic) bond motifs is 1. The second-order valence-corrected chi connectivity index (χ2v) is 4.17. The number of hydrogen-bond acceptors (Lipinski definition) is 5. The van der Waals surface area contributed by atoms with E-state index in [-0.39, 0.29) is 0 Å². The molecule has 0 saturated heterocycles. The molecular weight excluding hydrogens is 254 g/mol. The summed E-state index contributed by atoms with van der Waals surface area (Å²) < 4.78 is 10.9. The van der Waals surface area contributed by atoms with Gasteiger partial charge in [-0.3, -0.25) is 4.98 Å². The van der Waals surface area contributed by atoms with Crippen molar-refractivity contribution in [2.45, 2.75) is 0 Å². The van der Waals surface area contributed by atoms with Gasteiger partial charge in [0.05, 0.1) is 7.11 Å². The summed E-state index contributed by atoms with van der Waals surface area (Å²) in [6, 6.07) is 12.6. The van der Waals surface area contributed by atoms with Crippen LogP contribution in [0.4, 0.5) is 5.69 Å². The lowest BCUT2D eigenvalue weighted by atomic mass is 10.2. The molecule has 0 aliphatic rings. The highest BCUT2D eigenvalue weighted by Gasteiger charge is 2.08. The van der Waals surface area contributed by atoms with Crippen molar-refractivity contribution >= 4 is 16.6 Å². The molecule has 0 bridgehead atoms. The van der Waals surface area contributed by atoms with Gasteiger partial charge in [0.2, 0.25) is 11.8 Å². The normalized spacial score (nSPS) is 10.4. The molecule has 0 aliphatic heterocycles. The third-order valence-electron chi connectivity index (χ3n) is 2.89. The number of pyridine rings is 2. The molecule has 20 heavy (non-hydrogen) atoms. The van der Waals surface area contributed by atoms with Crippen LogP contribution in [0.25, 0.3) is 10.9 Å². The number of rotatable bonds is 3. The van der Waals surface area contributed by atoms with Crippen LogP contribution in [0.15, 0.2) is 48.7 Å². The number of benzene rings is 1. The number of anilines is 1. The molecule has 100 valence electrons. The smallest absolute Gasteiger partial charge is 0.222 e. The van der Waals surface area contributed by atoms with Crippen molar-refractivity contribution in [2.24, 2.45) is 0 Å². The average Bonchev–Trinajstić information content (AvgIpc) is 2.51. The van der Waals surface area contributed by atoms with E-state index >= 15 is 0 Å². The zero-order chi connectivity index (χ0) is 13.9. The van der Waals surface area contributed by atoms with Crippen LogP contribution in [0.5, 0.6) is 17.5 Å². The van der Waals surface area contributed by atoms with Gasteiger partial charge in [-0.1, -0.05) is 6.07 Å². The predicted octanol–water partition coefficient (Wildman–Crippen LogP) is 3.01. The fourth-order valence-electron chi connectivity index (χ4n) is 1.93. The number of nitrogens with two attached hydrogens (primary N) is 1. The van der Waals surface area contributed by atoms with Crippen LogP contribution in [-0.4, -0.2) is 17.1 Å². The second kappa shape index (κ2) is 5.05. The minimum absolute atomic E-state index is 0.445. The van der Waals surface area contributed by atoms with Gasteiger partial charge < -0.3 is 15.2 Å². The summed E-state index contributed by atoms with van der Waals surface area (Å²) in [6.07, 6.45) is 1.70. The van der Waals surface area contributed by atoms with E-state index in [1.165, 1.54) is 0 Å². The van der Waals surface area contributed by atoms with Crippen molar-refractivity contribution in [1.29, 1.82) is 0 Å². The van der Waals surface area contributed by atoms with Gasteiger partial charge in [0, 0.05) is 29.4 Å². The van der Waals surface area contributed by atoms with Crippen LogP contribution in [0.1, 0.15) is 0 Å². The Balaban J connectivity index is 2.04. The molecule has 3 aromatic rings. The largest absolute Gasteiger partial charge is 0.481 e. The maximum Gasteiger partial charge on any atom is 0.222 e. The number of hydrogen-bond donors (Lipinski definition) is 1. The quantitative estimate of drug-likeness (QED) is 0.739. The van der Waals surface area contributed by atoms with Gasteiger partial charge >= 0.3 is 0 Å². The maximum atomic E-state index is 5.93. The Bertz CT molecular complexity index is 759. The number of methoxy groups -OCH3 is 1. The topological polar surface area (TPSA) is 70.3 Å². The summed E-state index contributed by atoms with van der Waals surface area (Å²) in [5, 5.41) is 0.855. The third kappa shape index (κ3) is 2.21. The van der Waals surface area contributed by atoms with Crippen LogP contribution in [0.2, 0.25) is 0 Å². The molecule has 5 nitrogen and oxygen atoms in total. The Morgan fingerprint density at radius 2 is 1.85 bits per heavy atom. The van der Waals surface area contributed by atoms with Crippen molar-refractivity contribution in [3.05, 3.63) is 48.7 Å². The number of aromatic nitrogens is 2. The molecule has 0 aliphatic carbocycles. The van der Waals surface area contributed by atoms with Gasteiger partial charge in [0.15, 0.2) is 5.75 Å². The predicted molar refractivity (Wildman–Crippen MR) is 77.0 cm³/mol. The van der Waals surface area contributed by atoms with Crippen LogP contribution in [-0.2, 0) is 0 Å². The molecule has 2 heterocycles. The van der Waals surface area contributed by atoms with Gasteiger partial charge in [0.1, 0.15) is 5.52 Å². The van der Waals surface area contributed by atoms with Gasteiger partial charge in [-0.25, -0.2) is 0 Å². The summed E-state index contributed by atoms with van der Waals surface area (Å²) in [4.78, 5) is 8.53. The Morgan fingerprint density at radius 3 is 2.70 bits per heavy atom. The maximum absolute atomic E-state index is 5.93. The van der Waals surface area contributed by atoms with E-state index in [0.29, 0.717) is 28.7 Å². The molecular formula is C15H13N3O2. The Labute approximate surface area is 116 Å². The molecule has 0 saturated carbocycles. The highest BCUT2D eigenvalue weighted by molar-refractivity contribution is 5.94. The van der Waals surface area contributed by atoms with Crippen molar-refractivity contribution in [3.8, 4) is 17.5 Å². The van der Waals surface area contributed by atoms with Crippen LogP contribution >= 0.6 is 0 Å². The summed E-state index contributed by atoms with van der Waals surface area (Å²) >= 11 is 0. The summed E-state index contributed by atoms with van der Waals surface area (Å²) in [5.74, 6) is 1.55. The van der Waals surface area contributed by atoms with Crippen molar-refractivity contribution in [3.63, 3.8) is 0 Å². The number of nitrogens with zero attached hydrogens (tertiary/aromatic N) is 2. The molecule has 3 rings (SSSR count). The zero-order valence-corrected chi connectivity index (χ0v) is 10.9. The fraction of sp³-hybridized carbons (Fsp3) is 0.0667. The molecule has 0 unspecified atom stereocenters. The second-order valence-electron chi connectivity index (χ2n) is 4.17. The first-order valence-electron chi connectivity index (χ1n) is 6.10. The Morgan fingerprint density at radius 1 is 1.00 bits per heavy atom. The van der Waals surface area contributed by atoms with Gasteiger partial charge in [-0.2, -0.15) is 4.98 Å². The lowest BCUT2D eigenvalue weighted by Crippen LogP contribution is -1.94. The lowest BCUT2D eigenvalue weighted by molar-refractivity contribution is 0.384. The summed E-state index contributed by atoms with van der Waals surface area (Å²) in [6.45, 7) is 0. The minimum Gasteiger partial charge on any atom is -0.481 e. The molecule has 2 aromatic heterocycles. The highest BCUT2D eigenvalue weighted by Crippen LogP contribution is 2.31. The van der Waals surface area contributed by atoms with Crippen molar-refractivity contribution in [2.75, 3.05) is 12.8 Å². The van der Waals surface area contributed by atoms with E-state index in [1.54, 1.807) is 37.6 Å². The molecule has 2 N–H and O–H groups in total. The van der Waals surface area contributed by atoms with Crippen LogP contribution < -0.4 is 15.2 Å². The van der Waals surface area contributed by atoms with E-state index in [9.17, 15) is 0 Å². The van der Waals surface area contributed by atoms with Gasteiger partial charge in [-0.05, 0) is 24.3 Å². The standard InChI is InChI=1S/C15H13N3O2/c1-19-13-5-2-6-14(18-13)20-12-8-7-11(16)10-4-3-9-17-15(10)12/h2-9H,16H2,1H3. The lowest BCUT2D eigenvalue weighted by Gasteiger charge is -2.09. The van der Waals surface area contributed by atoms with Crippen molar-refractivity contribution < 1.29 is 9.47 Å². The zero-order valence-electron chi connectivity index (χ0n) is 10.9. The highest BCUT2D eigenvalue weighted by atomic mass is 16.5.